The summed E-state index contributed by atoms with van der Waals surface area (Å²) < 4.78 is 15.1. The minimum atomic E-state index is -0.229. The van der Waals surface area contributed by atoms with E-state index in [-0.39, 0.29) is 11.9 Å². The fourth-order valence-corrected chi connectivity index (χ4v) is 2.73. The second-order valence-corrected chi connectivity index (χ2v) is 6.08. The van der Waals surface area contributed by atoms with E-state index in [2.05, 4.69) is 34.6 Å². The monoisotopic (exact) mass is 331 g/mol. The van der Waals surface area contributed by atoms with Gasteiger partial charge in [0.2, 0.25) is 0 Å². The zero-order valence-electron chi connectivity index (χ0n) is 15.0. The molecule has 130 valence electrons. The van der Waals surface area contributed by atoms with Gasteiger partial charge in [-0.25, -0.2) is 4.39 Å². The lowest BCUT2D eigenvalue weighted by molar-refractivity contribution is 0.621. The van der Waals surface area contributed by atoms with Gasteiger partial charge in [0.15, 0.2) is 5.96 Å². The van der Waals surface area contributed by atoms with E-state index in [1.165, 1.54) is 23.4 Å². The zero-order chi connectivity index (χ0) is 17.7. The molecule has 0 bridgehead atoms. The Balaban J connectivity index is 1.92. The molecule has 0 saturated heterocycles. The van der Waals surface area contributed by atoms with Crippen molar-refractivity contribution in [3.05, 3.63) is 52.6 Å². The van der Waals surface area contributed by atoms with Crippen molar-refractivity contribution in [3.63, 3.8) is 0 Å². The predicted molar refractivity (Wildman–Crippen MR) is 95.6 cm³/mol. The molecule has 1 atom stereocenters. The fourth-order valence-electron chi connectivity index (χ4n) is 2.73. The van der Waals surface area contributed by atoms with E-state index < -0.39 is 0 Å². The van der Waals surface area contributed by atoms with Crippen molar-refractivity contribution < 1.29 is 4.39 Å². The van der Waals surface area contributed by atoms with Crippen LogP contribution in [-0.4, -0.2) is 28.8 Å². The fraction of sp³-hybridized carbons (Fsp3) is 0.444. The minimum absolute atomic E-state index is 0.199. The van der Waals surface area contributed by atoms with E-state index in [1.807, 2.05) is 24.7 Å². The molecule has 1 unspecified atom stereocenters. The van der Waals surface area contributed by atoms with Gasteiger partial charge in [0, 0.05) is 32.4 Å². The van der Waals surface area contributed by atoms with Gasteiger partial charge in [0.25, 0.3) is 0 Å². The van der Waals surface area contributed by atoms with Gasteiger partial charge in [0.1, 0.15) is 5.82 Å². The summed E-state index contributed by atoms with van der Waals surface area (Å²) >= 11 is 0. The Kier molecular flexibility index (Phi) is 5.95. The van der Waals surface area contributed by atoms with Gasteiger partial charge in [-0.3, -0.25) is 9.67 Å². The van der Waals surface area contributed by atoms with E-state index >= 15 is 0 Å². The summed E-state index contributed by atoms with van der Waals surface area (Å²) in [6, 6.07) is 6.75. The number of aryl methyl sites for hydroxylation is 2. The third-order valence-electron chi connectivity index (χ3n) is 4.12. The summed E-state index contributed by atoms with van der Waals surface area (Å²) in [5.41, 5.74) is 4.39. The van der Waals surface area contributed by atoms with E-state index in [1.54, 1.807) is 13.1 Å². The van der Waals surface area contributed by atoms with E-state index in [0.29, 0.717) is 12.5 Å². The maximum atomic E-state index is 13.2. The van der Waals surface area contributed by atoms with Crippen molar-refractivity contribution in [1.29, 1.82) is 0 Å². The normalized spacial score (nSPS) is 13.0. The Labute approximate surface area is 143 Å². The predicted octanol–water partition coefficient (Wildman–Crippen LogP) is 2.47. The molecular weight excluding hydrogens is 305 g/mol. The quantitative estimate of drug-likeness (QED) is 0.654. The van der Waals surface area contributed by atoms with Crippen molar-refractivity contribution in [1.82, 2.24) is 20.4 Å². The zero-order valence-corrected chi connectivity index (χ0v) is 15.0. The van der Waals surface area contributed by atoms with Gasteiger partial charge in [-0.2, -0.15) is 5.10 Å². The summed E-state index contributed by atoms with van der Waals surface area (Å²) in [7, 11) is 3.69. The molecule has 0 aliphatic carbocycles. The molecule has 1 aromatic carbocycles. The van der Waals surface area contributed by atoms with Gasteiger partial charge >= 0.3 is 0 Å². The number of rotatable bonds is 5. The van der Waals surface area contributed by atoms with E-state index in [4.69, 9.17) is 0 Å². The van der Waals surface area contributed by atoms with Crippen LogP contribution in [-0.2, 0) is 20.0 Å². The number of benzene rings is 1. The number of halogens is 1. The number of nitrogens with zero attached hydrogens (tertiary/aromatic N) is 3. The van der Waals surface area contributed by atoms with Crippen molar-refractivity contribution in [2.75, 3.05) is 7.05 Å². The van der Waals surface area contributed by atoms with Crippen LogP contribution in [0.15, 0.2) is 29.3 Å². The Morgan fingerprint density at radius 3 is 2.71 bits per heavy atom. The molecule has 6 heteroatoms. The highest BCUT2D eigenvalue weighted by atomic mass is 19.1. The number of guanidine groups is 1. The summed E-state index contributed by atoms with van der Waals surface area (Å²) in [5.74, 6) is 0.471. The second kappa shape index (κ2) is 7.95. The summed E-state index contributed by atoms with van der Waals surface area (Å²) in [6.45, 7) is 6.75. The Morgan fingerprint density at radius 2 is 2.12 bits per heavy atom. The standard InChI is InChI=1S/C18H26FN5/c1-12(9-17-13(2)23-24(5)14(17)3)22-18(20-4)21-11-15-7-6-8-16(19)10-15/h6-8,10,12H,9,11H2,1-5H3,(H2,20,21,22). The highest BCUT2D eigenvalue weighted by Gasteiger charge is 2.14. The van der Waals surface area contributed by atoms with Crippen LogP contribution in [0.5, 0.6) is 0 Å². The molecule has 0 spiro atoms. The third kappa shape index (κ3) is 4.57. The lowest BCUT2D eigenvalue weighted by Crippen LogP contribution is -2.42. The van der Waals surface area contributed by atoms with Crippen LogP contribution < -0.4 is 10.6 Å². The van der Waals surface area contributed by atoms with Gasteiger partial charge in [-0.15, -0.1) is 0 Å². The first-order valence-corrected chi connectivity index (χ1v) is 8.11. The maximum absolute atomic E-state index is 13.2. The molecule has 0 aliphatic rings. The van der Waals surface area contributed by atoms with Gasteiger partial charge < -0.3 is 10.6 Å². The summed E-state index contributed by atoms with van der Waals surface area (Å²) in [6.07, 6.45) is 0.867. The number of hydrogen-bond donors (Lipinski definition) is 2. The van der Waals surface area contributed by atoms with Crippen molar-refractivity contribution in [2.45, 2.75) is 39.8 Å². The maximum Gasteiger partial charge on any atom is 0.191 e. The molecule has 1 heterocycles. The first-order valence-electron chi connectivity index (χ1n) is 8.11. The van der Waals surface area contributed by atoms with Crippen LogP contribution in [0.25, 0.3) is 0 Å². The molecule has 5 nitrogen and oxygen atoms in total. The first kappa shape index (κ1) is 18.0. The Hall–Kier alpha value is -2.37. The molecule has 0 radical (unpaired) electrons. The van der Waals surface area contributed by atoms with Crippen LogP contribution in [0.1, 0.15) is 29.4 Å². The molecule has 2 N–H and O–H groups in total. The molecule has 24 heavy (non-hydrogen) atoms. The molecule has 2 rings (SSSR count). The van der Waals surface area contributed by atoms with E-state index in [9.17, 15) is 4.39 Å². The van der Waals surface area contributed by atoms with E-state index in [0.717, 1.165) is 17.7 Å². The Morgan fingerprint density at radius 1 is 1.38 bits per heavy atom. The molecule has 0 fully saturated rings. The SMILES string of the molecule is CN=C(NCc1cccc(F)c1)NC(C)Cc1c(C)nn(C)c1C. The number of aliphatic imine (C=N–C) groups is 1. The number of nitrogens with one attached hydrogen (secondary N) is 2. The number of hydrogen-bond acceptors (Lipinski definition) is 2. The Bertz CT molecular complexity index is 720. The van der Waals surface area contributed by atoms with Gasteiger partial charge in [0.05, 0.1) is 5.69 Å². The summed E-state index contributed by atoms with van der Waals surface area (Å²) in [5, 5.41) is 11.0. The van der Waals surface area contributed by atoms with Crippen LogP contribution >= 0.6 is 0 Å². The molecule has 0 saturated carbocycles. The van der Waals surface area contributed by atoms with Crippen LogP contribution in [0.4, 0.5) is 4.39 Å². The first-order chi connectivity index (χ1) is 11.4. The van der Waals surface area contributed by atoms with Gasteiger partial charge in [-0.1, -0.05) is 12.1 Å². The number of aromatic nitrogens is 2. The van der Waals surface area contributed by atoms with Crippen LogP contribution in [0, 0.1) is 19.7 Å². The summed E-state index contributed by atoms with van der Waals surface area (Å²) in [4.78, 5) is 4.24. The van der Waals surface area contributed by atoms with Crippen molar-refractivity contribution >= 4 is 5.96 Å². The topological polar surface area (TPSA) is 54.2 Å². The van der Waals surface area contributed by atoms with Crippen molar-refractivity contribution in [2.24, 2.45) is 12.0 Å². The average molecular weight is 331 g/mol. The smallest absolute Gasteiger partial charge is 0.191 e. The van der Waals surface area contributed by atoms with Gasteiger partial charge in [-0.05, 0) is 50.5 Å². The van der Waals surface area contributed by atoms with Crippen LogP contribution in [0.2, 0.25) is 0 Å². The lowest BCUT2D eigenvalue weighted by atomic mass is 10.1. The molecule has 2 aromatic rings. The molecular formula is C18H26FN5. The molecule has 0 aliphatic heterocycles. The highest BCUT2D eigenvalue weighted by Crippen LogP contribution is 2.14. The lowest BCUT2D eigenvalue weighted by Gasteiger charge is -2.18. The second-order valence-electron chi connectivity index (χ2n) is 6.08. The molecule has 0 amide bonds. The third-order valence-corrected chi connectivity index (χ3v) is 4.12. The van der Waals surface area contributed by atoms with Crippen LogP contribution in [0.3, 0.4) is 0 Å². The average Bonchev–Trinajstić information content (AvgIpc) is 2.78. The highest BCUT2D eigenvalue weighted by molar-refractivity contribution is 5.79. The molecule has 1 aromatic heterocycles. The van der Waals surface area contributed by atoms with Crippen molar-refractivity contribution in [3.8, 4) is 0 Å². The minimum Gasteiger partial charge on any atom is -0.354 e. The largest absolute Gasteiger partial charge is 0.354 e.